The molecule has 1 aliphatic heterocycles. The third-order valence-corrected chi connectivity index (χ3v) is 2.55. The normalized spacial score (nSPS) is 20.3. The Kier molecular flexibility index (Phi) is 2.73. The predicted molar refractivity (Wildman–Crippen MR) is 55.8 cm³/mol. The van der Waals surface area contributed by atoms with Crippen LogP contribution in [0, 0.1) is 13.8 Å². The van der Waals surface area contributed by atoms with E-state index in [0.717, 1.165) is 18.8 Å². The van der Waals surface area contributed by atoms with Crippen molar-refractivity contribution in [1.82, 2.24) is 0 Å². The van der Waals surface area contributed by atoms with Crippen LogP contribution in [0.2, 0.25) is 0 Å². The van der Waals surface area contributed by atoms with Gasteiger partial charge < -0.3 is 9.47 Å². The third-order valence-electron chi connectivity index (χ3n) is 2.55. The summed E-state index contributed by atoms with van der Waals surface area (Å²) in [4.78, 5) is 0. The van der Waals surface area contributed by atoms with E-state index in [9.17, 15) is 0 Å². The number of hydrogen-bond acceptors (Lipinski definition) is 2. The van der Waals surface area contributed by atoms with E-state index >= 15 is 0 Å². The van der Waals surface area contributed by atoms with E-state index in [1.165, 1.54) is 11.1 Å². The molecule has 1 unspecified atom stereocenters. The molecule has 1 aromatic rings. The fourth-order valence-corrected chi connectivity index (χ4v) is 1.56. The second-order valence-electron chi connectivity index (χ2n) is 3.86. The summed E-state index contributed by atoms with van der Waals surface area (Å²) in [5.74, 6) is 0.978. The largest absolute Gasteiger partial charge is 0.491 e. The monoisotopic (exact) mass is 192 g/mol. The molecule has 0 spiro atoms. The SMILES string of the molecule is Cc1ccc(OCC2CCO2)c(C)c1. The van der Waals surface area contributed by atoms with Gasteiger partial charge in [-0.1, -0.05) is 17.7 Å². The Morgan fingerprint density at radius 2 is 2.21 bits per heavy atom. The molecule has 0 radical (unpaired) electrons. The Morgan fingerprint density at radius 1 is 1.43 bits per heavy atom. The van der Waals surface area contributed by atoms with Crippen molar-refractivity contribution in [2.75, 3.05) is 13.2 Å². The average Bonchev–Trinajstić information content (AvgIpc) is 2.05. The Balaban J connectivity index is 1.94. The summed E-state index contributed by atoms with van der Waals surface area (Å²) in [6, 6.07) is 6.24. The van der Waals surface area contributed by atoms with Crippen molar-refractivity contribution < 1.29 is 9.47 Å². The second kappa shape index (κ2) is 4.01. The van der Waals surface area contributed by atoms with Crippen LogP contribution < -0.4 is 4.74 Å². The Hall–Kier alpha value is -1.02. The van der Waals surface area contributed by atoms with Gasteiger partial charge in [0.2, 0.25) is 0 Å². The first-order valence-corrected chi connectivity index (χ1v) is 5.07. The smallest absolute Gasteiger partial charge is 0.122 e. The molecule has 1 saturated heterocycles. The maximum atomic E-state index is 5.67. The zero-order valence-electron chi connectivity index (χ0n) is 8.75. The Labute approximate surface area is 84.8 Å². The lowest BCUT2D eigenvalue weighted by atomic mass is 10.1. The molecular formula is C12H16O2. The number of aryl methyl sites for hydroxylation is 2. The van der Waals surface area contributed by atoms with Gasteiger partial charge in [-0.3, -0.25) is 0 Å². The second-order valence-corrected chi connectivity index (χ2v) is 3.86. The Bertz CT molecular complexity index is 316. The lowest BCUT2D eigenvalue weighted by Gasteiger charge is -2.26. The summed E-state index contributed by atoms with van der Waals surface area (Å²) in [6.45, 7) is 5.74. The van der Waals surface area contributed by atoms with E-state index in [1.807, 2.05) is 6.07 Å². The molecule has 1 aliphatic rings. The van der Waals surface area contributed by atoms with Gasteiger partial charge in [0.25, 0.3) is 0 Å². The van der Waals surface area contributed by atoms with E-state index in [4.69, 9.17) is 9.47 Å². The van der Waals surface area contributed by atoms with Crippen LogP contribution in [0.25, 0.3) is 0 Å². The quantitative estimate of drug-likeness (QED) is 0.732. The number of hydrogen-bond donors (Lipinski definition) is 0. The van der Waals surface area contributed by atoms with Gasteiger partial charge in [-0.2, -0.15) is 0 Å². The highest BCUT2D eigenvalue weighted by Crippen LogP contribution is 2.20. The molecule has 2 nitrogen and oxygen atoms in total. The van der Waals surface area contributed by atoms with Gasteiger partial charge >= 0.3 is 0 Å². The minimum atomic E-state index is 0.315. The van der Waals surface area contributed by atoms with Crippen molar-refractivity contribution in [2.24, 2.45) is 0 Å². The topological polar surface area (TPSA) is 18.5 Å². The molecule has 0 N–H and O–H groups in total. The van der Waals surface area contributed by atoms with Crippen LogP contribution in [0.1, 0.15) is 17.5 Å². The van der Waals surface area contributed by atoms with Crippen LogP contribution in [0.4, 0.5) is 0 Å². The first-order chi connectivity index (χ1) is 6.75. The lowest BCUT2D eigenvalue weighted by Crippen LogP contribution is -2.32. The standard InChI is InChI=1S/C12H16O2/c1-9-3-4-12(10(2)7-9)14-8-11-5-6-13-11/h3-4,7,11H,5-6,8H2,1-2H3. The minimum Gasteiger partial charge on any atom is -0.491 e. The summed E-state index contributed by atoms with van der Waals surface area (Å²) in [5, 5.41) is 0. The summed E-state index contributed by atoms with van der Waals surface area (Å²) in [7, 11) is 0. The molecule has 1 aromatic carbocycles. The van der Waals surface area contributed by atoms with Gasteiger partial charge in [-0.05, 0) is 25.5 Å². The minimum absolute atomic E-state index is 0.315. The Morgan fingerprint density at radius 3 is 2.79 bits per heavy atom. The van der Waals surface area contributed by atoms with E-state index in [-0.39, 0.29) is 0 Å². The predicted octanol–water partition coefficient (Wildman–Crippen LogP) is 2.47. The summed E-state index contributed by atoms with van der Waals surface area (Å²) in [5.41, 5.74) is 2.47. The van der Waals surface area contributed by atoms with Crippen LogP contribution in [0.15, 0.2) is 18.2 Å². The van der Waals surface area contributed by atoms with Crippen molar-refractivity contribution in [2.45, 2.75) is 26.4 Å². The van der Waals surface area contributed by atoms with Crippen molar-refractivity contribution in [3.05, 3.63) is 29.3 Å². The fraction of sp³-hybridized carbons (Fsp3) is 0.500. The van der Waals surface area contributed by atoms with Crippen LogP contribution >= 0.6 is 0 Å². The molecule has 2 rings (SSSR count). The van der Waals surface area contributed by atoms with E-state index in [0.29, 0.717) is 12.7 Å². The zero-order chi connectivity index (χ0) is 9.97. The van der Waals surface area contributed by atoms with Gasteiger partial charge in [0.1, 0.15) is 12.4 Å². The molecule has 76 valence electrons. The molecule has 0 saturated carbocycles. The average molecular weight is 192 g/mol. The maximum Gasteiger partial charge on any atom is 0.122 e. The molecule has 1 heterocycles. The van der Waals surface area contributed by atoms with Gasteiger partial charge in [0, 0.05) is 13.0 Å². The molecular weight excluding hydrogens is 176 g/mol. The van der Waals surface area contributed by atoms with Gasteiger partial charge in [0.15, 0.2) is 0 Å². The van der Waals surface area contributed by atoms with Crippen molar-refractivity contribution in [1.29, 1.82) is 0 Å². The van der Waals surface area contributed by atoms with E-state index < -0.39 is 0 Å². The zero-order valence-corrected chi connectivity index (χ0v) is 8.75. The van der Waals surface area contributed by atoms with Crippen LogP contribution in [0.3, 0.4) is 0 Å². The molecule has 1 fully saturated rings. The summed E-state index contributed by atoms with van der Waals surface area (Å²) in [6.07, 6.45) is 1.45. The molecule has 0 bridgehead atoms. The summed E-state index contributed by atoms with van der Waals surface area (Å²) < 4.78 is 11.0. The van der Waals surface area contributed by atoms with Crippen molar-refractivity contribution in [3.8, 4) is 5.75 Å². The first kappa shape index (κ1) is 9.53. The molecule has 0 aliphatic carbocycles. The van der Waals surface area contributed by atoms with Crippen LogP contribution in [-0.4, -0.2) is 19.3 Å². The van der Waals surface area contributed by atoms with Crippen LogP contribution in [0.5, 0.6) is 5.75 Å². The highest BCUT2D eigenvalue weighted by molar-refractivity contribution is 5.35. The molecule has 0 amide bonds. The van der Waals surface area contributed by atoms with Crippen LogP contribution in [-0.2, 0) is 4.74 Å². The first-order valence-electron chi connectivity index (χ1n) is 5.07. The van der Waals surface area contributed by atoms with Gasteiger partial charge in [-0.15, -0.1) is 0 Å². The van der Waals surface area contributed by atoms with Crippen molar-refractivity contribution in [3.63, 3.8) is 0 Å². The summed E-state index contributed by atoms with van der Waals surface area (Å²) >= 11 is 0. The fourth-order valence-electron chi connectivity index (χ4n) is 1.56. The van der Waals surface area contributed by atoms with E-state index in [1.54, 1.807) is 0 Å². The molecule has 2 heteroatoms. The molecule has 1 atom stereocenters. The molecule has 0 aromatic heterocycles. The third kappa shape index (κ3) is 2.07. The highest BCUT2D eigenvalue weighted by Gasteiger charge is 2.18. The van der Waals surface area contributed by atoms with Gasteiger partial charge in [-0.25, -0.2) is 0 Å². The van der Waals surface area contributed by atoms with Gasteiger partial charge in [0.05, 0.1) is 6.10 Å². The van der Waals surface area contributed by atoms with Crippen molar-refractivity contribution >= 4 is 0 Å². The lowest BCUT2D eigenvalue weighted by molar-refractivity contribution is -0.0721. The number of rotatable bonds is 3. The number of ether oxygens (including phenoxy) is 2. The maximum absolute atomic E-state index is 5.67. The number of benzene rings is 1. The van der Waals surface area contributed by atoms with E-state index in [2.05, 4.69) is 26.0 Å². The highest BCUT2D eigenvalue weighted by atomic mass is 16.5. The molecule has 14 heavy (non-hydrogen) atoms.